The fraction of sp³-hybridized carbons (Fsp3) is 0.516. The molecule has 6 heteroatoms. The Labute approximate surface area is 222 Å². The molecule has 1 saturated heterocycles. The van der Waals surface area contributed by atoms with E-state index in [1.165, 1.54) is 16.5 Å². The van der Waals surface area contributed by atoms with E-state index < -0.39 is 0 Å². The average Bonchev–Trinajstić information content (AvgIpc) is 3.35. The first-order valence-electron chi connectivity index (χ1n) is 14.1. The average molecular weight is 505 g/mol. The standard InChI is InChI=1S/C31H44N4O2/c1-4-10-26(5-2)35(27-12-7-6-8-13-27)31(36)16-18-34-21-19-33(20-22-34)17-9-11-25-24-32-30-15-14-28(37-3)23-29(25)30/h6-8,12-15,23-24,26,32H,4-5,9-11,16-22H2,1-3H3. The number of aromatic nitrogens is 1. The second-order valence-electron chi connectivity index (χ2n) is 10.2. The number of nitrogens with zero attached hydrogens (tertiary/aromatic N) is 3. The number of methoxy groups -OCH3 is 1. The highest BCUT2D eigenvalue weighted by molar-refractivity contribution is 5.94. The van der Waals surface area contributed by atoms with Crippen LogP contribution >= 0.6 is 0 Å². The van der Waals surface area contributed by atoms with Crippen molar-refractivity contribution in [1.82, 2.24) is 14.8 Å². The molecule has 1 amide bonds. The number of anilines is 1. The van der Waals surface area contributed by atoms with Gasteiger partial charge >= 0.3 is 0 Å². The van der Waals surface area contributed by atoms with E-state index in [9.17, 15) is 4.79 Å². The second kappa shape index (κ2) is 13.6. The van der Waals surface area contributed by atoms with Gasteiger partial charge < -0.3 is 24.4 Å². The van der Waals surface area contributed by atoms with E-state index in [1.807, 2.05) is 24.3 Å². The molecular formula is C31H44N4O2. The maximum absolute atomic E-state index is 13.4. The van der Waals surface area contributed by atoms with Crippen molar-refractivity contribution < 1.29 is 9.53 Å². The minimum Gasteiger partial charge on any atom is -0.497 e. The van der Waals surface area contributed by atoms with E-state index >= 15 is 0 Å². The van der Waals surface area contributed by atoms with Gasteiger partial charge in [0.25, 0.3) is 0 Å². The Kier molecular flexibility index (Phi) is 10.0. The number of hydrogen-bond donors (Lipinski definition) is 1. The van der Waals surface area contributed by atoms with Gasteiger partial charge in [0.1, 0.15) is 5.75 Å². The molecule has 1 aromatic heterocycles. The summed E-state index contributed by atoms with van der Waals surface area (Å²) in [6, 6.07) is 16.7. The molecule has 0 saturated carbocycles. The van der Waals surface area contributed by atoms with E-state index in [-0.39, 0.29) is 11.9 Å². The van der Waals surface area contributed by atoms with Crippen molar-refractivity contribution in [2.24, 2.45) is 0 Å². The summed E-state index contributed by atoms with van der Waals surface area (Å²) in [6.45, 7) is 10.6. The van der Waals surface area contributed by atoms with Crippen molar-refractivity contribution in [2.75, 3.05) is 51.3 Å². The van der Waals surface area contributed by atoms with Gasteiger partial charge in [-0.25, -0.2) is 0 Å². The van der Waals surface area contributed by atoms with Crippen LogP contribution in [0.2, 0.25) is 0 Å². The van der Waals surface area contributed by atoms with Crippen molar-refractivity contribution in [3.8, 4) is 5.75 Å². The third-order valence-electron chi connectivity index (χ3n) is 7.76. The quantitative estimate of drug-likeness (QED) is 0.323. The Bertz CT molecular complexity index is 1100. The molecule has 1 atom stereocenters. The third kappa shape index (κ3) is 7.14. The zero-order valence-electron chi connectivity index (χ0n) is 22.9. The molecule has 6 nitrogen and oxygen atoms in total. The zero-order valence-corrected chi connectivity index (χ0v) is 22.9. The molecule has 0 radical (unpaired) electrons. The van der Waals surface area contributed by atoms with Gasteiger partial charge in [0.15, 0.2) is 0 Å². The van der Waals surface area contributed by atoms with Gasteiger partial charge in [0.05, 0.1) is 7.11 Å². The molecule has 1 aliphatic heterocycles. The molecule has 2 heterocycles. The highest BCUT2D eigenvalue weighted by Crippen LogP contribution is 2.25. The minimum atomic E-state index is 0.254. The highest BCUT2D eigenvalue weighted by Gasteiger charge is 2.25. The van der Waals surface area contributed by atoms with Crippen LogP contribution in [0.5, 0.6) is 5.75 Å². The Morgan fingerprint density at radius 2 is 1.76 bits per heavy atom. The molecule has 1 unspecified atom stereocenters. The predicted octanol–water partition coefficient (Wildman–Crippen LogP) is 5.73. The van der Waals surface area contributed by atoms with E-state index in [4.69, 9.17) is 4.74 Å². The number of nitrogens with one attached hydrogen (secondary N) is 1. The number of aryl methyl sites for hydroxylation is 1. The molecule has 0 spiro atoms. The van der Waals surface area contributed by atoms with Crippen LogP contribution in [0.1, 0.15) is 51.5 Å². The molecule has 2 aromatic carbocycles. The van der Waals surface area contributed by atoms with Gasteiger partial charge in [-0.3, -0.25) is 4.79 Å². The van der Waals surface area contributed by atoms with Gasteiger partial charge in [-0.15, -0.1) is 0 Å². The first-order chi connectivity index (χ1) is 18.1. The van der Waals surface area contributed by atoms with Crippen LogP contribution in [-0.2, 0) is 11.2 Å². The predicted molar refractivity (Wildman–Crippen MR) is 154 cm³/mol. The fourth-order valence-electron chi connectivity index (χ4n) is 5.59. The summed E-state index contributed by atoms with van der Waals surface area (Å²) in [7, 11) is 1.72. The highest BCUT2D eigenvalue weighted by atomic mass is 16.5. The van der Waals surface area contributed by atoms with Gasteiger partial charge in [-0.1, -0.05) is 38.5 Å². The number of ether oxygens (including phenoxy) is 1. The van der Waals surface area contributed by atoms with Crippen LogP contribution < -0.4 is 9.64 Å². The monoisotopic (exact) mass is 504 g/mol. The summed E-state index contributed by atoms with van der Waals surface area (Å²) in [5, 5.41) is 1.27. The number of aromatic amines is 1. The Morgan fingerprint density at radius 1 is 1.03 bits per heavy atom. The molecule has 200 valence electrons. The molecule has 1 fully saturated rings. The summed E-state index contributed by atoms with van der Waals surface area (Å²) in [6.07, 6.45) is 8.05. The van der Waals surface area contributed by atoms with E-state index in [0.29, 0.717) is 6.42 Å². The first kappa shape index (κ1) is 27.2. The van der Waals surface area contributed by atoms with Crippen LogP contribution in [0.4, 0.5) is 5.69 Å². The van der Waals surface area contributed by atoms with E-state index in [2.05, 4.69) is 64.0 Å². The van der Waals surface area contributed by atoms with Crippen LogP contribution in [-0.4, -0.2) is 73.1 Å². The SMILES string of the molecule is CCCC(CC)N(C(=O)CCN1CCN(CCCc2c[nH]c3ccc(OC)cc23)CC1)c1ccccc1. The Morgan fingerprint density at radius 3 is 2.43 bits per heavy atom. The molecule has 3 aromatic rings. The first-order valence-corrected chi connectivity index (χ1v) is 14.1. The lowest BCUT2D eigenvalue weighted by Crippen LogP contribution is -2.48. The number of hydrogen-bond acceptors (Lipinski definition) is 4. The molecule has 0 aliphatic carbocycles. The van der Waals surface area contributed by atoms with Crippen LogP contribution in [0, 0.1) is 0 Å². The number of benzene rings is 2. The number of carbonyl (C=O) groups is 1. The number of fused-ring (bicyclic) bond motifs is 1. The number of amides is 1. The normalized spacial score (nSPS) is 15.6. The van der Waals surface area contributed by atoms with Crippen LogP contribution in [0.25, 0.3) is 10.9 Å². The summed E-state index contributed by atoms with van der Waals surface area (Å²) < 4.78 is 5.40. The third-order valence-corrected chi connectivity index (χ3v) is 7.76. The van der Waals surface area contributed by atoms with Crippen molar-refractivity contribution in [2.45, 2.75) is 58.4 Å². The second-order valence-corrected chi connectivity index (χ2v) is 10.2. The summed E-state index contributed by atoms with van der Waals surface area (Å²) in [5.74, 6) is 1.16. The fourth-order valence-corrected chi connectivity index (χ4v) is 5.59. The summed E-state index contributed by atoms with van der Waals surface area (Å²) in [4.78, 5) is 23.9. The zero-order chi connectivity index (χ0) is 26.0. The van der Waals surface area contributed by atoms with Gasteiger partial charge in [0.2, 0.25) is 5.91 Å². The van der Waals surface area contributed by atoms with Crippen LogP contribution in [0.3, 0.4) is 0 Å². The molecule has 1 N–H and O–H groups in total. The molecule has 1 aliphatic rings. The lowest BCUT2D eigenvalue weighted by molar-refractivity contribution is -0.119. The van der Waals surface area contributed by atoms with Gasteiger partial charge in [-0.2, -0.15) is 0 Å². The summed E-state index contributed by atoms with van der Waals surface area (Å²) in [5.41, 5.74) is 3.57. The van der Waals surface area contributed by atoms with Crippen molar-refractivity contribution in [3.63, 3.8) is 0 Å². The van der Waals surface area contributed by atoms with E-state index in [1.54, 1.807) is 7.11 Å². The number of para-hydroxylation sites is 1. The van der Waals surface area contributed by atoms with Crippen molar-refractivity contribution in [3.05, 3.63) is 60.3 Å². The Balaban J connectivity index is 1.22. The number of carbonyl (C=O) groups excluding carboxylic acids is 1. The maximum atomic E-state index is 13.4. The van der Waals surface area contributed by atoms with Gasteiger partial charge in [-0.05, 0) is 68.1 Å². The maximum Gasteiger partial charge on any atom is 0.228 e. The lowest BCUT2D eigenvalue weighted by Gasteiger charge is -2.36. The number of H-pyrrole nitrogens is 1. The topological polar surface area (TPSA) is 51.8 Å². The number of piperazine rings is 1. The summed E-state index contributed by atoms with van der Waals surface area (Å²) >= 11 is 0. The van der Waals surface area contributed by atoms with Crippen LogP contribution in [0.15, 0.2) is 54.7 Å². The van der Waals surface area contributed by atoms with Crippen molar-refractivity contribution in [1.29, 1.82) is 0 Å². The number of rotatable bonds is 13. The lowest BCUT2D eigenvalue weighted by atomic mass is 10.1. The van der Waals surface area contributed by atoms with E-state index in [0.717, 1.165) is 82.8 Å². The largest absolute Gasteiger partial charge is 0.497 e. The smallest absolute Gasteiger partial charge is 0.228 e. The Hall–Kier alpha value is -2.83. The van der Waals surface area contributed by atoms with Gasteiger partial charge in [0, 0.05) is 68.0 Å². The van der Waals surface area contributed by atoms with Crippen molar-refractivity contribution >= 4 is 22.5 Å². The minimum absolute atomic E-state index is 0.254. The molecule has 37 heavy (non-hydrogen) atoms. The molecule has 4 rings (SSSR count). The molecular weight excluding hydrogens is 460 g/mol. The molecule has 0 bridgehead atoms.